The minimum atomic E-state index is -3.57. The van der Waals surface area contributed by atoms with Gasteiger partial charge in [0.2, 0.25) is 5.91 Å². The fraction of sp³-hybridized carbons (Fsp3) is 0.316. The van der Waals surface area contributed by atoms with Crippen LogP contribution in [0.3, 0.4) is 0 Å². The molecule has 2 aromatic rings. The number of nitro benzene ring substituents is 1. The number of nitrogens with one attached hydrogen (secondary N) is 1. The van der Waals surface area contributed by atoms with Gasteiger partial charge in [0, 0.05) is 25.4 Å². The predicted octanol–water partition coefficient (Wildman–Crippen LogP) is 2.52. The molecule has 1 aliphatic heterocycles. The van der Waals surface area contributed by atoms with E-state index in [1.54, 1.807) is 4.90 Å². The molecule has 1 saturated heterocycles. The van der Waals surface area contributed by atoms with Crippen LogP contribution >= 0.6 is 0 Å². The van der Waals surface area contributed by atoms with Crippen LogP contribution in [0.15, 0.2) is 47.4 Å². The number of benzene rings is 2. The standard InChI is InChI=1S/C19H21N3O5S/c1-13-3-5-14(6-4-13)12-21-10-9-17(19(21)23)20-16-8-7-15(28(2,26)27)11-18(16)22(24)25/h3-8,11,17,20H,9-10,12H2,1-2H3. The van der Waals surface area contributed by atoms with Gasteiger partial charge in [-0.2, -0.15) is 0 Å². The summed E-state index contributed by atoms with van der Waals surface area (Å²) >= 11 is 0. The zero-order valence-electron chi connectivity index (χ0n) is 15.6. The lowest BCUT2D eigenvalue weighted by Crippen LogP contribution is -2.33. The molecule has 28 heavy (non-hydrogen) atoms. The zero-order valence-corrected chi connectivity index (χ0v) is 16.4. The number of amides is 1. The molecule has 0 saturated carbocycles. The molecule has 1 amide bonds. The maximum absolute atomic E-state index is 12.7. The first-order chi connectivity index (χ1) is 13.1. The van der Waals surface area contributed by atoms with Gasteiger partial charge in [0.15, 0.2) is 9.84 Å². The third-order valence-corrected chi connectivity index (χ3v) is 5.83. The van der Waals surface area contributed by atoms with E-state index in [4.69, 9.17) is 0 Å². The third kappa shape index (κ3) is 4.30. The Labute approximate surface area is 163 Å². The lowest BCUT2D eigenvalue weighted by molar-refractivity contribution is -0.384. The minimum absolute atomic E-state index is 0.132. The molecule has 1 atom stereocenters. The number of likely N-dealkylation sites (tertiary alicyclic amines) is 1. The second-order valence-corrected chi connectivity index (χ2v) is 8.95. The van der Waals surface area contributed by atoms with Gasteiger partial charge in [0.25, 0.3) is 5.69 Å². The number of anilines is 1. The van der Waals surface area contributed by atoms with Gasteiger partial charge >= 0.3 is 0 Å². The van der Waals surface area contributed by atoms with Crippen LogP contribution in [0.25, 0.3) is 0 Å². The van der Waals surface area contributed by atoms with Gasteiger partial charge in [-0.25, -0.2) is 8.42 Å². The van der Waals surface area contributed by atoms with Gasteiger partial charge in [-0.1, -0.05) is 29.8 Å². The van der Waals surface area contributed by atoms with Crippen LogP contribution < -0.4 is 5.32 Å². The largest absolute Gasteiger partial charge is 0.368 e. The maximum atomic E-state index is 12.7. The number of hydrogen-bond acceptors (Lipinski definition) is 6. The summed E-state index contributed by atoms with van der Waals surface area (Å²) in [5.41, 5.74) is 1.92. The summed E-state index contributed by atoms with van der Waals surface area (Å²) < 4.78 is 23.3. The van der Waals surface area contributed by atoms with E-state index in [1.807, 2.05) is 31.2 Å². The Kier molecular flexibility index (Phi) is 5.37. The lowest BCUT2D eigenvalue weighted by atomic mass is 10.1. The molecule has 1 unspecified atom stereocenters. The van der Waals surface area contributed by atoms with E-state index >= 15 is 0 Å². The Morgan fingerprint density at radius 1 is 1.21 bits per heavy atom. The summed E-state index contributed by atoms with van der Waals surface area (Å²) in [4.78, 5) is 25.0. The molecule has 0 aromatic heterocycles. The third-order valence-electron chi connectivity index (χ3n) is 4.72. The SMILES string of the molecule is Cc1ccc(CN2CCC(Nc3ccc(S(C)(=O)=O)cc3[N+](=O)[O-])C2=O)cc1. The second-order valence-electron chi connectivity index (χ2n) is 6.94. The highest BCUT2D eigenvalue weighted by Gasteiger charge is 2.33. The molecule has 1 aliphatic rings. The fourth-order valence-corrected chi connectivity index (χ4v) is 3.79. The van der Waals surface area contributed by atoms with Crippen LogP contribution in [0.5, 0.6) is 0 Å². The Balaban J connectivity index is 1.76. The van der Waals surface area contributed by atoms with Crippen molar-refractivity contribution in [2.24, 2.45) is 0 Å². The molecule has 9 heteroatoms. The number of carbonyl (C=O) groups excluding carboxylic acids is 1. The smallest absolute Gasteiger partial charge is 0.293 e. The molecule has 0 radical (unpaired) electrons. The Morgan fingerprint density at radius 2 is 1.89 bits per heavy atom. The summed E-state index contributed by atoms with van der Waals surface area (Å²) in [6.45, 7) is 3.01. The number of rotatable bonds is 6. The molecular formula is C19H21N3O5S. The number of sulfone groups is 1. The van der Waals surface area contributed by atoms with E-state index in [0.717, 1.165) is 23.4 Å². The van der Waals surface area contributed by atoms with Gasteiger partial charge in [-0.15, -0.1) is 0 Å². The van der Waals surface area contributed by atoms with Crippen molar-refractivity contribution in [3.8, 4) is 0 Å². The highest BCUT2D eigenvalue weighted by atomic mass is 32.2. The van der Waals surface area contributed by atoms with E-state index < -0.39 is 20.8 Å². The normalized spacial score (nSPS) is 17.0. The van der Waals surface area contributed by atoms with Crippen molar-refractivity contribution in [3.63, 3.8) is 0 Å². The van der Waals surface area contributed by atoms with Gasteiger partial charge < -0.3 is 10.2 Å². The molecule has 0 aliphatic carbocycles. The minimum Gasteiger partial charge on any atom is -0.368 e. The monoisotopic (exact) mass is 403 g/mol. The summed E-state index contributed by atoms with van der Waals surface area (Å²) in [6, 6.07) is 11.0. The fourth-order valence-electron chi connectivity index (χ4n) is 3.15. The van der Waals surface area contributed by atoms with Crippen LogP contribution in [0.2, 0.25) is 0 Å². The average molecular weight is 403 g/mol. The number of aryl methyl sites for hydroxylation is 1. The molecule has 0 spiro atoms. The molecule has 2 aromatic carbocycles. The number of nitrogens with zero attached hydrogens (tertiary/aromatic N) is 2. The zero-order chi connectivity index (χ0) is 20.5. The van der Waals surface area contributed by atoms with Crippen molar-refractivity contribution in [1.82, 2.24) is 4.90 Å². The molecule has 0 bridgehead atoms. The van der Waals surface area contributed by atoms with Gasteiger partial charge in [0.05, 0.1) is 9.82 Å². The molecular weight excluding hydrogens is 382 g/mol. The van der Waals surface area contributed by atoms with Crippen molar-refractivity contribution in [1.29, 1.82) is 0 Å². The topological polar surface area (TPSA) is 110 Å². The Morgan fingerprint density at radius 3 is 2.50 bits per heavy atom. The van der Waals surface area contributed by atoms with E-state index in [2.05, 4.69) is 5.32 Å². The van der Waals surface area contributed by atoms with Crippen LogP contribution in [0.4, 0.5) is 11.4 Å². The highest BCUT2D eigenvalue weighted by Crippen LogP contribution is 2.30. The average Bonchev–Trinajstić information content (AvgIpc) is 2.96. The lowest BCUT2D eigenvalue weighted by Gasteiger charge is -2.18. The Hall–Kier alpha value is -2.94. The molecule has 1 N–H and O–H groups in total. The summed E-state index contributed by atoms with van der Waals surface area (Å²) in [5.74, 6) is -0.137. The van der Waals surface area contributed by atoms with Crippen molar-refractivity contribution < 1.29 is 18.1 Å². The first-order valence-electron chi connectivity index (χ1n) is 8.74. The summed E-state index contributed by atoms with van der Waals surface area (Å²) in [6.07, 6.45) is 1.50. The molecule has 8 nitrogen and oxygen atoms in total. The molecule has 148 valence electrons. The van der Waals surface area contributed by atoms with Crippen LogP contribution in [-0.2, 0) is 21.2 Å². The van der Waals surface area contributed by atoms with Gasteiger partial charge in [-0.05, 0) is 31.0 Å². The first-order valence-corrected chi connectivity index (χ1v) is 10.6. The van der Waals surface area contributed by atoms with Gasteiger partial charge in [0.1, 0.15) is 11.7 Å². The van der Waals surface area contributed by atoms with E-state index in [9.17, 15) is 23.3 Å². The van der Waals surface area contributed by atoms with E-state index in [1.165, 1.54) is 12.1 Å². The van der Waals surface area contributed by atoms with Crippen molar-refractivity contribution in [2.75, 3.05) is 18.1 Å². The summed E-state index contributed by atoms with van der Waals surface area (Å²) in [5, 5.41) is 14.3. The van der Waals surface area contributed by atoms with E-state index in [0.29, 0.717) is 19.5 Å². The second kappa shape index (κ2) is 7.59. The van der Waals surface area contributed by atoms with Crippen LogP contribution in [-0.4, -0.2) is 43.0 Å². The molecule has 1 fully saturated rings. The van der Waals surface area contributed by atoms with Crippen molar-refractivity contribution in [3.05, 3.63) is 63.7 Å². The predicted molar refractivity (Wildman–Crippen MR) is 105 cm³/mol. The maximum Gasteiger partial charge on any atom is 0.293 e. The highest BCUT2D eigenvalue weighted by molar-refractivity contribution is 7.90. The molecule has 1 heterocycles. The number of hydrogen-bond donors (Lipinski definition) is 1. The molecule has 3 rings (SSSR count). The van der Waals surface area contributed by atoms with Crippen molar-refractivity contribution >= 4 is 27.1 Å². The van der Waals surface area contributed by atoms with E-state index in [-0.39, 0.29) is 22.2 Å². The number of nitro groups is 1. The summed E-state index contributed by atoms with van der Waals surface area (Å²) in [7, 11) is -3.57. The van der Waals surface area contributed by atoms with Gasteiger partial charge in [-0.3, -0.25) is 14.9 Å². The quantitative estimate of drug-likeness (QED) is 0.586. The van der Waals surface area contributed by atoms with Crippen LogP contribution in [0, 0.1) is 17.0 Å². The van der Waals surface area contributed by atoms with Crippen LogP contribution in [0.1, 0.15) is 17.5 Å². The van der Waals surface area contributed by atoms with Crippen molar-refractivity contribution in [2.45, 2.75) is 30.8 Å². The Bertz CT molecular complexity index is 1020. The first kappa shape index (κ1) is 19.8. The number of carbonyl (C=O) groups is 1.